The molecule has 3 N–H and O–H groups in total. The minimum atomic E-state index is -0.583. The molecule has 0 aliphatic rings. The Morgan fingerprint density at radius 2 is 2.04 bits per heavy atom. The first-order valence-electron chi connectivity index (χ1n) is 7.56. The van der Waals surface area contributed by atoms with Crippen LogP contribution >= 0.6 is 11.6 Å². The molecule has 1 aromatic rings. The van der Waals surface area contributed by atoms with E-state index >= 15 is 0 Å². The molecule has 0 spiro atoms. The summed E-state index contributed by atoms with van der Waals surface area (Å²) >= 11 is 5.97. The Morgan fingerprint density at radius 3 is 2.70 bits per heavy atom. The standard InChI is InChI=1S/C16H25ClN2O4/c1-16(2,3)23-15(21)19-13-11-12(17)5-6-14(13)22-10-8-18-7-4-9-20/h5-6,11,18,20H,4,7-10H2,1-3H3,(H,19,21). The largest absolute Gasteiger partial charge is 0.490 e. The van der Waals surface area contributed by atoms with Gasteiger partial charge in [0, 0.05) is 18.2 Å². The molecule has 0 atom stereocenters. The number of anilines is 1. The molecule has 0 saturated heterocycles. The van der Waals surface area contributed by atoms with E-state index in [1.54, 1.807) is 39.0 Å². The average molecular weight is 345 g/mol. The van der Waals surface area contributed by atoms with Crippen LogP contribution in [-0.2, 0) is 4.74 Å². The quantitative estimate of drug-likeness (QED) is 0.632. The van der Waals surface area contributed by atoms with Crippen LogP contribution in [0.4, 0.5) is 10.5 Å². The molecule has 0 heterocycles. The van der Waals surface area contributed by atoms with Gasteiger partial charge in [-0.1, -0.05) is 11.6 Å². The molecule has 130 valence electrons. The predicted molar refractivity (Wildman–Crippen MR) is 91.4 cm³/mol. The molecule has 0 saturated carbocycles. The van der Waals surface area contributed by atoms with Crippen molar-refractivity contribution in [3.8, 4) is 5.75 Å². The Hall–Kier alpha value is -1.50. The molecule has 7 heteroatoms. The fraction of sp³-hybridized carbons (Fsp3) is 0.562. The van der Waals surface area contributed by atoms with Crippen molar-refractivity contribution in [2.75, 3.05) is 31.6 Å². The smallest absolute Gasteiger partial charge is 0.412 e. The monoisotopic (exact) mass is 344 g/mol. The van der Waals surface area contributed by atoms with Gasteiger partial charge in [0.15, 0.2) is 0 Å². The number of hydrogen-bond acceptors (Lipinski definition) is 5. The lowest BCUT2D eigenvalue weighted by Gasteiger charge is -2.20. The molecule has 1 amide bonds. The molecular formula is C16H25ClN2O4. The number of hydrogen-bond donors (Lipinski definition) is 3. The van der Waals surface area contributed by atoms with Crippen molar-refractivity contribution < 1.29 is 19.4 Å². The van der Waals surface area contributed by atoms with Gasteiger partial charge in [-0.15, -0.1) is 0 Å². The summed E-state index contributed by atoms with van der Waals surface area (Å²) < 4.78 is 10.9. The SMILES string of the molecule is CC(C)(C)OC(=O)Nc1cc(Cl)ccc1OCCNCCCO. The Bertz CT molecular complexity index is 503. The first-order chi connectivity index (χ1) is 10.8. The van der Waals surface area contributed by atoms with Gasteiger partial charge in [0.05, 0.1) is 5.69 Å². The van der Waals surface area contributed by atoms with Crippen molar-refractivity contribution in [2.45, 2.75) is 32.8 Å². The van der Waals surface area contributed by atoms with E-state index in [0.717, 1.165) is 6.54 Å². The van der Waals surface area contributed by atoms with E-state index in [4.69, 9.17) is 26.2 Å². The number of amides is 1. The first-order valence-corrected chi connectivity index (χ1v) is 7.93. The second kappa shape index (κ2) is 9.60. The lowest BCUT2D eigenvalue weighted by atomic mass is 10.2. The Labute approximate surface area is 142 Å². The van der Waals surface area contributed by atoms with Gasteiger partial charge in [-0.3, -0.25) is 5.32 Å². The number of carbonyl (C=O) groups excluding carboxylic acids is 1. The maximum Gasteiger partial charge on any atom is 0.412 e. The summed E-state index contributed by atoms with van der Waals surface area (Å²) in [4.78, 5) is 11.9. The van der Waals surface area contributed by atoms with Gasteiger partial charge < -0.3 is 19.9 Å². The number of halogens is 1. The fourth-order valence-corrected chi connectivity index (χ4v) is 1.87. The number of rotatable bonds is 8. The van der Waals surface area contributed by atoms with Crippen molar-refractivity contribution in [3.63, 3.8) is 0 Å². The molecule has 0 radical (unpaired) electrons. The van der Waals surface area contributed by atoms with Gasteiger partial charge >= 0.3 is 6.09 Å². The highest BCUT2D eigenvalue weighted by atomic mass is 35.5. The summed E-state index contributed by atoms with van der Waals surface area (Å²) in [5.41, 5.74) is -0.123. The van der Waals surface area contributed by atoms with Gasteiger partial charge in [-0.25, -0.2) is 4.79 Å². The third-order valence-electron chi connectivity index (χ3n) is 2.63. The number of aliphatic hydroxyl groups is 1. The molecule has 0 aromatic heterocycles. The van der Waals surface area contributed by atoms with Crippen LogP contribution in [0.2, 0.25) is 5.02 Å². The zero-order valence-electron chi connectivity index (χ0n) is 13.8. The van der Waals surface area contributed by atoms with Crippen molar-refractivity contribution >= 4 is 23.4 Å². The van der Waals surface area contributed by atoms with Crippen LogP contribution in [0.25, 0.3) is 0 Å². The topological polar surface area (TPSA) is 79.8 Å². The summed E-state index contributed by atoms with van der Waals surface area (Å²) in [6.45, 7) is 7.32. The van der Waals surface area contributed by atoms with Crippen LogP contribution in [0.3, 0.4) is 0 Å². The normalized spacial score (nSPS) is 11.2. The molecular weight excluding hydrogens is 320 g/mol. The summed E-state index contributed by atoms with van der Waals surface area (Å²) in [6.07, 6.45) is 0.137. The zero-order chi connectivity index (χ0) is 17.3. The van der Waals surface area contributed by atoms with E-state index < -0.39 is 11.7 Å². The number of carbonyl (C=O) groups is 1. The number of ether oxygens (including phenoxy) is 2. The lowest BCUT2D eigenvalue weighted by Crippen LogP contribution is -2.27. The molecule has 23 heavy (non-hydrogen) atoms. The van der Waals surface area contributed by atoms with Gasteiger partial charge in [-0.2, -0.15) is 0 Å². The molecule has 0 unspecified atom stereocenters. The molecule has 0 bridgehead atoms. The average Bonchev–Trinajstić information content (AvgIpc) is 2.42. The highest BCUT2D eigenvalue weighted by Crippen LogP contribution is 2.28. The highest BCUT2D eigenvalue weighted by molar-refractivity contribution is 6.31. The predicted octanol–water partition coefficient (Wildman–Crippen LogP) is 3.04. The molecule has 6 nitrogen and oxygen atoms in total. The lowest BCUT2D eigenvalue weighted by molar-refractivity contribution is 0.0635. The summed E-state index contributed by atoms with van der Waals surface area (Å²) in [5.74, 6) is 0.518. The second-order valence-electron chi connectivity index (χ2n) is 5.94. The Morgan fingerprint density at radius 1 is 1.30 bits per heavy atom. The van der Waals surface area contributed by atoms with Crippen LogP contribution in [0.5, 0.6) is 5.75 Å². The van der Waals surface area contributed by atoms with Crippen LogP contribution in [0.1, 0.15) is 27.2 Å². The van der Waals surface area contributed by atoms with Gasteiger partial charge in [0.2, 0.25) is 0 Å². The van der Waals surface area contributed by atoms with Crippen molar-refractivity contribution in [1.29, 1.82) is 0 Å². The maximum absolute atomic E-state index is 11.9. The van der Waals surface area contributed by atoms with E-state index in [0.29, 0.717) is 36.0 Å². The first kappa shape index (κ1) is 19.5. The molecule has 0 fully saturated rings. The van der Waals surface area contributed by atoms with E-state index in [1.807, 2.05) is 0 Å². The van der Waals surface area contributed by atoms with Crippen molar-refractivity contribution in [1.82, 2.24) is 5.32 Å². The third kappa shape index (κ3) is 8.64. The minimum absolute atomic E-state index is 0.162. The third-order valence-corrected chi connectivity index (χ3v) is 2.86. The van der Waals surface area contributed by atoms with Gasteiger partial charge in [0.25, 0.3) is 0 Å². The molecule has 1 rings (SSSR count). The van der Waals surface area contributed by atoms with Crippen LogP contribution in [-0.4, -0.2) is 43.1 Å². The zero-order valence-corrected chi connectivity index (χ0v) is 14.6. The Kier molecular flexibility index (Phi) is 8.16. The van der Waals surface area contributed by atoms with Crippen molar-refractivity contribution in [3.05, 3.63) is 23.2 Å². The highest BCUT2D eigenvalue weighted by Gasteiger charge is 2.17. The maximum atomic E-state index is 11.9. The number of nitrogens with one attached hydrogen (secondary N) is 2. The second-order valence-corrected chi connectivity index (χ2v) is 6.38. The van der Waals surface area contributed by atoms with Gasteiger partial charge in [-0.05, 0) is 51.9 Å². The summed E-state index contributed by atoms with van der Waals surface area (Å²) in [7, 11) is 0. The minimum Gasteiger partial charge on any atom is -0.490 e. The Balaban J connectivity index is 2.57. The van der Waals surface area contributed by atoms with Crippen LogP contribution in [0.15, 0.2) is 18.2 Å². The van der Waals surface area contributed by atoms with E-state index in [9.17, 15) is 4.79 Å². The molecule has 0 aliphatic heterocycles. The van der Waals surface area contributed by atoms with E-state index in [-0.39, 0.29) is 6.61 Å². The fourth-order valence-electron chi connectivity index (χ4n) is 1.70. The van der Waals surface area contributed by atoms with Crippen LogP contribution < -0.4 is 15.4 Å². The number of aliphatic hydroxyl groups excluding tert-OH is 1. The van der Waals surface area contributed by atoms with E-state index in [1.165, 1.54) is 0 Å². The molecule has 1 aromatic carbocycles. The number of benzene rings is 1. The van der Waals surface area contributed by atoms with Crippen LogP contribution in [0, 0.1) is 0 Å². The van der Waals surface area contributed by atoms with Crippen molar-refractivity contribution in [2.24, 2.45) is 0 Å². The summed E-state index contributed by atoms with van der Waals surface area (Å²) in [6, 6.07) is 5.00. The molecule has 0 aliphatic carbocycles. The van der Waals surface area contributed by atoms with E-state index in [2.05, 4.69) is 10.6 Å². The summed E-state index contributed by atoms with van der Waals surface area (Å²) in [5, 5.41) is 15.0. The van der Waals surface area contributed by atoms with Gasteiger partial charge in [0.1, 0.15) is 18.0 Å².